The van der Waals surface area contributed by atoms with Crippen LogP contribution in [0, 0.1) is 24.7 Å². The number of hydrogen-bond donors (Lipinski definition) is 0. The minimum absolute atomic E-state index is 0.223. The fourth-order valence-corrected chi connectivity index (χ4v) is 7.07. The molecule has 5 aliphatic rings. The van der Waals surface area contributed by atoms with Crippen molar-refractivity contribution in [1.82, 2.24) is 9.80 Å². The van der Waals surface area contributed by atoms with Crippen molar-refractivity contribution in [3.05, 3.63) is 29.3 Å². The van der Waals surface area contributed by atoms with E-state index < -0.39 is 0 Å². The van der Waals surface area contributed by atoms with E-state index >= 15 is 0 Å². The number of hydrogen-bond acceptors (Lipinski definition) is 3. The number of nitrogens with zero attached hydrogens (tertiary/aromatic N) is 2. The lowest BCUT2D eigenvalue weighted by Crippen LogP contribution is -2.48. The Labute approximate surface area is 175 Å². The van der Waals surface area contributed by atoms with E-state index in [1.807, 2.05) is 4.90 Å². The molecule has 4 aliphatic carbocycles. The third-order valence-corrected chi connectivity index (χ3v) is 8.26. The molecule has 29 heavy (non-hydrogen) atoms. The first-order valence-electron chi connectivity index (χ1n) is 11.7. The first-order valence-corrected chi connectivity index (χ1v) is 11.7. The molecule has 0 N–H and O–H groups in total. The molecule has 5 fully saturated rings. The van der Waals surface area contributed by atoms with Gasteiger partial charge in [0.1, 0.15) is 5.75 Å². The van der Waals surface area contributed by atoms with Crippen molar-refractivity contribution in [2.24, 2.45) is 17.8 Å². The summed E-state index contributed by atoms with van der Waals surface area (Å²) in [6.07, 6.45) is 9.14. The zero-order valence-electron chi connectivity index (χ0n) is 18.2. The Hall–Kier alpha value is -1.55. The van der Waals surface area contributed by atoms with Crippen molar-refractivity contribution in [3.8, 4) is 5.75 Å². The van der Waals surface area contributed by atoms with Gasteiger partial charge in [-0.1, -0.05) is 12.1 Å². The Morgan fingerprint density at radius 1 is 1.03 bits per heavy atom. The van der Waals surface area contributed by atoms with Gasteiger partial charge in [-0.05, 0) is 92.9 Å². The van der Waals surface area contributed by atoms with Gasteiger partial charge >= 0.3 is 0 Å². The van der Waals surface area contributed by atoms with E-state index in [0.29, 0.717) is 18.4 Å². The van der Waals surface area contributed by atoms with E-state index in [4.69, 9.17) is 4.74 Å². The third kappa shape index (κ3) is 3.81. The van der Waals surface area contributed by atoms with Crippen LogP contribution >= 0.6 is 0 Å². The summed E-state index contributed by atoms with van der Waals surface area (Å²) in [6, 6.07) is 6.89. The summed E-state index contributed by atoms with van der Waals surface area (Å²) >= 11 is 0. The predicted molar refractivity (Wildman–Crippen MR) is 115 cm³/mol. The summed E-state index contributed by atoms with van der Waals surface area (Å²) in [4.78, 5) is 16.7. The van der Waals surface area contributed by atoms with Crippen LogP contribution in [0.4, 0.5) is 0 Å². The summed E-state index contributed by atoms with van der Waals surface area (Å²) in [5, 5.41) is 0. The molecule has 4 heteroatoms. The highest BCUT2D eigenvalue weighted by atomic mass is 16.5. The SMILES string of the molecule is Cc1cc(C23CC4CC(CC(C4)C2)C3)ccc1OCCC(=O)N1CCN(C)CC1. The predicted octanol–water partition coefficient (Wildman–Crippen LogP) is 4.01. The zero-order valence-corrected chi connectivity index (χ0v) is 18.2. The van der Waals surface area contributed by atoms with Crippen LogP contribution < -0.4 is 4.74 Å². The van der Waals surface area contributed by atoms with Crippen LogP contribution in [0.5, 0.6) is 5.75 Å². The quantitative estimate of drug-likeness (QED) is 0.754. The number of aryl methyl sites for hydroxylation is 1. The summed E-state index contributed by atoms with van der Waals surface area (Å²) in [7, 11) is 2.11. The summed E-state index contributed by atoms with van der Waals surface area (Å²) in [5.74, 6) is 4.08. The van der Waals surface area contributed by atoms with Gasteiger partial charge in [-0.3, -0.25) is 4.79 Å². The third-order valence-electron chi connectivity index (χ3n) is 8.26. The maximum absolute atomic E-state index is 12.4. The molecule has 1 amide bonds. The Morgan fingerprint density at radius 3 is 2.24 bits per heavy atom. The topological polar surface area (TPSA) is 32.8 Å². The van der Waals surface area contributed by atoms with Gasteiger partial charge in [0.2, 0.25) is 5.91 Å². The Kier molecular flexibility index (Phi) is 5.09. The van der Waals surface area contributed by atoms with Crippen molar-refractivity contribution in [2.75, 3.05) is 39.8 Å². The molecule has 0 spiro atoms. The number of carbonyl (C=O) groups excluding carboxylic acids is 1. The molecule has 4 bridgehead atoms. The molecule has 0 atom stereocenters. The highest BCUT2D eigenvalue weighted by Crippen LogP contribution is 2.60. The molecule has 1 aliphatic heterocycles. The minimum atomic E-state index is 0.223. The van der Waals surface area contributed by atoms with Crippen molar-refractivity contribution < 1.29 is 9.53 Å². The lowest BCUT2D eigenvalue weighted by Gasteiger charge is -2.57. The van der Waals surface area contributed by atoms with E-state index in [9.17, 15) is 4.79 Å². The molecular formula is C25H36N2O2. The lowest BCUT2D eigenvalue weighted by molar-refractivity contribution is -0.133. The molecule has 1 heterocycles. The Morgan fingerprint density at radius 2 is 1.66 bits per heavy atom. The van der Waals surface area contributed by atoms with Crippen molar-refractivity contribution in [3.63, 3.8) is 0 Å². The van der Waals surface area contributed by atoms with Crippen molar-refractivity contribution >= 4 is 5.91 Å². The molecule has 0 unspecified atom stereocenters. The fraction of sp³-hybridized carbons (Fsp3) is 0.720. The van der Waals surface area contributed by atoms with E-state index in [1.165, 1.54) is 44.1 Å². The number of ether oxygens (including phenoxy) is 1. The number of carbonyl (C=O) groups is 1. The summed E-state index contributed by atoms with van der Waals surface area (Å²) < 4.78 is 6.04. The maximum Gasteiger partial charge on any atom is 0.226 e. The second-order valence-electron chi connectivity index (χ2n) is 10.5. The summed E-state index contributed by atoms with van der Waals surface area (Å²) in [5.41, 5.74) is 3.22. The van der Waals surface area contributed by atoms with E-state index in [0.717, 1.165) is 49.7 Å². The molecule has 4 saturated carbocycles. The van der Waals surface area contributed by atoms with Crippen molar-refractivity contribution in [1.29, 1.82) is 0 Å². The van der Waals surface area contributed by atoms with Crippen LogP contribution in [0.3, 0.4) is 0 Å². The largest absolute Gasteiger partial charge is 0.493 e. The van der Waals surface area contributed by atoms with Gasteiger partial charge in [0.05, 0.1) is 13.0 Å². The number of piperazine rings is 1. The van der Waals surface area contributed by atoms with Crippen molar-refractivity contribution in [2.45, 2.75) is 57.3 Å². The summed E-state index contributed by atoms with van der Waals surface area (Å²) in [6.45, 7) is 6.27. The van der Waals surface area contributed by atoms with Gasteiger partial charge in [-0.15, -0.1) is 0 Å². The first-order chi connectivity index (χ1) is 14.0. The lowest BCUT2D eigenvalue weighted by atomic mass is 9.48. The molecule has 1 aromatic rings. The van der Waals surface area contributed by atoms with E-state index in [2.05, 4.69) is 37.1 Å². The number of amides is 1. The van der Waals surface area contributed by atoms with Gasteiger partial charge < -0.3 is 14.5 Å². The van der Waals surface area contributed by atoms with Crippen LogP contribution in [0.1, 0.15) is 56.1 Å². The van der Waals surface area contributed by atoms with Crippen LogP contribution in [-0.4, -0.2) is 55.5 Å². The monoisotopic (exact) mass is 396 g/mol. The molecule has 4 nitrogen and oxygen atoms in total. The molecule has 6 rings (SSSR count). The maximum atomic E-state index is 12.4. The molecular weight excluding hydrogens is 360 g/mol. The second kappa shape index (κ2) is 7.61. The van der Waals surface area contributed by atoms with E-state index in [-0.39, 0.29) is 5.91 Å². The molecule has 1 aromatic carbocycles. The Balaban J connectivity index is 1.19. The highest BCUT2D eigenvalue weighted by Gasteiger charge is 2.51. The zero-order chi connectivity index (χ0) is 20.0. The minimum Gasteiger partial charge on any atom is -0.493 e. The fourth-order valence-electron chi connectivity index (χ4n) is 7.07. The molecule has 0 aromatic heterocycles. The van der Waals surface area contributed by atoms with Gasteiger partial charge in [-0.25, -0.2) is 0 Å². The smallest absolute Gasteiger partial charge is 0.226 e. The van der Waals surface area contributed by atoms with Crippen LogP contribution in [-0.2, 0) is 10.2 Å². The van der Waals surface area contributed by atoms with Gasteiger partial charge in [0, 0.05) is 26.2 Å². The molecule has 158 valence electrons. The van der Waals surface area contributed by atoms with Gasteiger partial charge in [0.25, 0.3) is 0 Å². The highest BCUT2D eigenvalue weighted by molar-refractivity contribution is 5.76. The van der Waals surface area contributed by atoms with Crippen LogP contribution in [0.25, 0.3) is 0 Å². The standard InChI is InChI=1S/C25H36N2O2/c1-18-11-22(25-15-19-12-20(16-25)14-21(13-19)17-25)3-4-23(18)29-10-5-24(28)27-8-6-26(2)7-9-27/h3-4,11,19-21H,5-10,12-17H2,1-2H3. The number of likely N-dealkylation sites (N-methyl/N-ethyl adjacent to an activating group) is 1. The van der Waals surface area contributed by atoms with E-state index in [1.54, 1.807) is 5.56 Å². The number of benzene rings is 1. The first kappa shape index (κ1) is 19.4. The molecule has 1 saturated heterocycles. The van der Waals surface area contributed by atoms with Gasteiger partial charge in [-0.2, -0.15) is 0 Å². The average Bonchev–Trinajstić information content (AvgIpc) is 2.68. The van der Waals surface area contributed by atoms with Crippen LogP contribution in [0.2, 0.25) is 0 Å². The molecule has 0 radical (unpaired) electrons. The average molecular weight is 397 g/mol. The normalized spacial score (nSPS) is 33.9. The second-order valence-corrected chi connectivity index (χ2v) is 10.5. The number of rotatable bonds is 5. The Bertz CT molecular complexity index is 731. The van der Waals surface area contributed by atoms with Crippen LogP contribution in [0.15, 0.2) is 18.2 Å². The van der Waals surface area contributed by atoms with Gasteiger partial charge in [0.15, 0.2) is 0 Å².